The fourth-order valence-corrected chi connectivity index (χ4v) is 1.83. The van der Waals surface area contributed by atoms with Gasteiger partial charge in [0.05, 0.1) is 11.6 Å². The van der Waals surface area contributed by atoms with Gasteiger partial charge in [0.15, 0.2) is 0 Å². The fraction of sp³-hybridized carbons (Fsp3) is 0.133. The third-order valence-electron chi connectivity index (χ3n) is 2.63. The molecule has 0 aromatic heterocycles. The Morgan fingerprint density at radius 1 is 1.25 bits per heavy atom. The van der Waals surface area contributed by atoms with Gasteiger partial charge in [0.1, 0.15) is 11.5 Å². The summed E-state index contributed by atoms with van der Waals surface area (Å²) in [6.45, 7) is 2.50. The van der Waals surface area contributed by atoms with Gasteiger partial charge >= 0.3 is 0 Å². The molecule has 4 nitrogen and oxygen atoms in total. The largest absolute Gasteiger partial charge is 0.506 e. The first-order valence-electron chi connectivity index (χ1n) is 6.13. The lowest BCUT2D eigenvalue weighted by Gasteiger charge is -2.07. The number of aromatic hydroxyl groups is 1. The number of nitrogens with one attached hydrogen (secondary N) is 1. The van der Waals surface area contributed by atoms with Crippen molar-refractivity contribution in [3.63, 3.8) is 0 Å². The van der Waals surface area contributed by atoms with Crippen molar-refractivity contribution in [3.05, 3.63) is 53.1 Å². The van der Waals surface area contributed by atoms with Crippen molar-refractivity contribution in [2.45, 2.75) is 6.92 Å². The van der Waals surface area contributed by atoms with E-state index in [0.29, 0.717) is 17.9 Å². The maximum absolute atomic E-state index is 12.0. The highest BCUT2D eigenvalue weighted by atomic mass is 35.5. The number of hydrogen-bond acceptors (Lipinski definition) is 3. The fourth-order valence-electron chi connectivity index (χ4n) is 1.65. The van der Waals surface area contributed by atoms with E-state index in [0.717, 1.165) is 5.75 Å². The Morgan fingerprint density at radius 2 is 1.95 bits per heavy atom. The minimum absolute atomic E-state index is 0.0516. The van der Waals surface area contributed by atoms with E-state index in [1.165, 1.54) is 18.2 Å². The van der Waals surface area contributed by atoms with E-state index in [2.05, 4.69) is 5.32 Å². The molecule has 0 spiro atoms. The number of phenolic OH excluding ortho intramolecular Hbond substituents is 1. The summed E-state index contributed by atoms with van der Waals surface area (Å²) in [4.78, 5) is 12.0. The number of carbonyl (C=O) groups excluding carboxylic acids is 1. The molecule has 2 aromatic carbocycles. The average Bonchev–Trinajstić information content (AvgIpc) is 2.44. The number of rotatable bonds is 4. The third kappa shape index (κ3) is 3.42. The van der Waals surface area contributed by atoms with E-state index in [-0.39, 0.29) is 16.7 Å². The Bertz CT molecular complexity index is 611. The highest BCUT2D eigenvalue weighted by Gasteiger charge is 2.08. The van der Waals surface area contributed by atoms with E-state index < -0.39 is 0 Å². The quantitative estimate of drug-likeness (QED) is 0.903. The van der Waals surface area contributed by atoms with Crippen molar-refractivity contribution >= 4 is 23.2 Å². The summed E-state index contributed by atoms with van der Waals surface area (Å²) in [6, 6.07) is 11.4. The molecule has 2 N–H and O–H groups in total. The van der Waals surface area contributed by atoms with E-state index >= 15 is 0 Å². The van der Waals surface area contributed by atoms with Crippen LogP contribution in [0.25, 0.3) is 0 Å². The second-order valence-electron chi connectivity index (χ2n) is 4.08. The number of amides is 1. The van der Waals surface area contributed by atoms with Gasteiger partial charge in [-0.15, -0.1) is 0 Å². The number of anilines is 1. The van der Waals surface area contributed by atoms with Crippen LogP contribution in [0.1, 0.15) is 17.3 Å². The molecule has 20 heavy (non-hydrogen) atoms. The van der Waals surface area contributed by atoms with E-state index in [4.69, 9.17) is 16.3 Å². The molecule has 0 saturated heterocycles. The van der Waals surface area contributed by atoms with Gasteiger partial charge in [-0.2, -0.15) is 0 Å². The maximum atomic E-state index is 12.0. The summed E-state index contributed by atoms with van der Waals surface area (Å²) in [6.07, 6.45) is 0. The Labute approximate surface area is 122 Å². The first-order valence-corrected chi connectivity index (χ1v) is 6.50. The molecule has 0 bridgehead atoms. The zero-order valence-electron chi connectivity index (χ0n) is 10.9. The SMILES string of the molecule is CCOc1ccc(NC(=O)c2ccc(O)c(Cl)c2)cc1. The van der Waals surface area contributed by atoms with Crippen molar-refractivity contribution in [1.82, 2.24) is 0 Å². The molecule has 104 valence electrons. The van der Waals surface area contributed by atoms with Crippen LogP contribution in [0.3, 0.4) is 0 Å². The number of ether oxygens (including phenoxy) is 1. The Kier molecular flexibility index (Phi) is 4.48. The molecule has 0 saturated carbocycles. The molecule has 0 aliphatic rings. The molecule has 0 unspecified atom stereocenters. The van der Waals surface area contributed by atoms with Crippen molar-refractivity contribution < 1.29 is 14.6 Å². The van der Waals surface area contributed by atoms with Crippen LogP contribution in [0.2, 0.25) is 5.02 Å². The lowest BCUT2D eigenvalue weighted by molar-refractivity contribution is 0.102. The molecule has 2 aromatic rings. The van der Waals surface area contributed by atoms with Crippen LogP contribution in [0, 0.1) is 0 Å². The monoisotopic (exact) mass is 291 g/mol. The van der Waals surface area contributed by atoms with Gasteiger partial charge in [-0.1, -0.05) is 11.6 Å². The van der Waals surface area contributed by atoms with Crippen molar-refractivity contribution in [2.24, 2.45) is 0 Å². The molecule has 0 aliphatic heterocycles. The molecule has 0 fully saturated rings. The Morgan fingerprint density at radius 3 is 2.55 bits per heavy atom. The van der Waals surface area contributed by atoms with Crippen LogP contribution >= 0.6 is 11.6 Å². The number of hydrogen-bond donors (Lipinski definition) is 2. The zero-order valence-corrected chi connectivity index (χ0v) is 11.6. The van der Waals surface area contributed by atoms with Crippen LogP contribution in [-0.2, 0) is 0 Å². The van der Waals surface area contributed by atoms with Crippen molar-refractivity contribution in [3.8, 4) is 11.5 Å². The minimum Gasteiger partial charge on any atom is -0.506 e. The molecule has 0 atom stereocenters. The zero-order chi connectivity index (χ0) is 14.5. The van der Waals surface area contributed by atoms with Gasteiger partial charge < -0.3 is 15.2 Å². The Hall–Kier alpha value is -2.20. The van der Waals surface area contributed by atoms with Gasteiger partial charge in [0.2, 0.25) is 0 Å². The number of benzene rings is 2. The minimum atomic E-state index is -0.295. The van der Waals surface area contributed by atoms with E-state index in [1.54, 1.807) is 24.3 Å². The van der Waals surface area contributed by atoms with Gasteiger partial charge in [-0.3, -0.25) is 4.79 Å². The van der Waals surface area contributed by atoms with Crippen LogP contribution in [0.5, 0.6) is 11.5 Å². The van der Waals surface area contributed by atoms with Crippen molar-refractivity contribution in [2.75, 3.05) is 11.9 Å². The molecule has 1 amide bonds. The standard InChI is InChI=1S/C15H14ClNO3/c1-2-20-12-6-4-11(5-7-12)17-15(19)10-3-8-14(18)13(16)9-10/h3-9,18H,2H2,1H3,(H,17,19). The first kappa shape index (κ1) is 14.2. The summed E-state index contributed by atoms with van der Waals surface area (Å²) in [5, 5.41) is 12.2. The van der Waals surface area contributed by atoms with Gasteiger partial charge in [0.25, 0.3) is 5.91 Å². The lowest BCUT2D eigenvalue weighted by atomic mass is 10.2. The topological polar surface area (TPSA) is 58.6 Å². The van der Waals surface area contributed by atoms with E-state index in [1.807, 2.05) is 6.92 Å². The average molecular weight is 292 g/mol. The lowest BCUT2D eigenvalue weighted by Crippen LogP contribution is -2.11. The molecule has 0 heterocycles. The first-order chi connectivity index (χ1) is 9.60. The summed E-state index contributed by atoms with van der Waals surface area (Å²) in [7, 11) is 0. The highest BCUT2D eigenvalue weighted by molar-refractivity contribution is 6.32. The normalized spacial score (nSPS) is 10.1. The van der Waals surface area contributed by atoms with Gasteiger partial charge in [0, 0.05) is 11.3 Å². The van der Waals surface area contributed by atoms with Crippen LogP contribution in [0.15, 0.2) is 42.5 Å². The van der Waals surface area contributed by atoms with E-state index in [9.17, 15) is 9.90 Å². The predicted octanol–water partition coefficient (Wildman–Crippen LogP) is 3.70. The second-order valence-corrected chi connectivity index (χ2v) is 4.48. The number of halogens is 1. The summed E-state index contributed by atoms with van der Waals surface area (Å²) in [5.74, 6) is 0.401. The number of phenols is 1. The number of carbonyl (C=O) groups is 1. The van der Waals surface area contributed by atoms with Gasteiger partial charge in [-0.05, 0) is 49.4 Å². The summed E-state index contributed by atoms with van der Waals surface area (Å²) < 4.78 is 5.32. The molecular weight excluding hydrogens is 278 g/mol. The second kappa shape index (κ2) is 6.30. The maximum Gasteiger partial charge on any atom is 0.255 e. The molecule has 5 heteroatoms. The molecule has 0 aliphatic carbocycles. The molecule has 2 rings (SSSR count). The smallest absolute Gasteiger partial charge is 0.255 e. The molecular formula is C15H14ClNO3. The molecule has 0 radical (unpaired) electrons. The van der Waals surface area contributed by atoms with Crippen LogP contribution in [-0.4, -0.2) is 17.6 Å². The Balaban J connectivity index is 2.08. The summed E-state index contributed by atoms with van der Waals surface area (Å²) in [5.41, 5.74) is 1.03. The summed E-state index contributed by atoms with van der Waals surface area (Å²) >= 11 is 5.77. The van der Waals surface area contributed by atoms with Crippen molar-refractivity contribution in [1.29, 1.82) is 0 Å². The van der Waals surface area contributed by atoms with Gasteiger partial charge in [-0.25, -0.2) is 0 Å². The van der Waals surface area contributed by atoms with Crippen LogP contribution in [0.4, 0.5) is 5.69 Å². The highest BCUT2D eigenvalue weighted by Crippen LogP contribution is 2.24. The third-order valence-corrected chi connectivity index (χ3v) is 2.94. The van der Waals surface area contributed by atoms with Crippen LogP contribution < -0.4 is 10.1 Å². The predicted molar refractivity (Wildman–Crippen MR) is 78.7 cm³/mol.